The molecule has 0 aliphatic carbocycles. The highest BCUT2D eigenvalue weighted by atomic mass is 16.1. The van der Waals surface area contributed by atoms with Crippen LogP contribution in [0.2, 0.25) is 0 Å². The molecule has 0 spiro atoms. The molecule has 3 heteroatoms. The zero-order valence-corrected chi connectivity index (χ0v) is 11.6. The minimum absolute atomic E-state index is 0.0965. The lowest BCUT2D eigenvalue weighted by Crippen LogP contribution is -2.39. The van der Waals surface area contributed by atoms with Crippen LogP contribution in [0.3, 0.4) is 0 Å². The van der Waals surface area contributed by atoms with Crippen molar-refractivity contribution in [2.45, 2.75) is 52.6 Å². The Kier molecular flexibility index (Phi) is 4.52. The fourth-order valence-corrected chi connectivity index (χ4v) is 1.72. The Labute approximate surface area is 104 Å². The van der Waals surface area contributed by atoms with Gasteiger partial charge in [-0.05, 0) is 32.8 Å². The smallest absolute Gasteiger partial charge is 0.254 e. The minimum Gasteiger partial charge on any atom is -0.314 e. The number of nitrogens with one attached hydrogen (secondary N) is 1. The van der Waals surface area contributed by atoms with Gasteiger partial charge in [-0.25, -0.2) is 0 Å². The van der Waals surface area contributed by atoms with Crippen LogP contribution in [0, 0.1) is 0 Å². The number of aromatic nitrogens is 1. The van der Waals surface area contributed by atoms with E-state index in [0.717, 1.165) is 18.7 Å². The van der Waals surface area contributed by atoms with E-state index in [-0.39, 0.29) is 17.0 Å². The molecule has 0 saturated carbocycles. The van der Waals surface area contributed by atoms with Crippen LogP contribution in [-0.4, -0.2) is 16.7 Å². The third-order valence-electron chi connectivity index (χ3n) is 2.68. The van der Waals surface area contributed by atoms with Crippen molar-refractivity contribution in [3.63, 3.8) is 0 Å². The fourth-order valence-electron chi connectivity index (χ4n) is 1.72. The van der Waals surface area contributed by atoms with Crippen LogP contribution in [0.15, 0.2) is 23.1 Å². The maximum atomic E-state index is 12.1. The van der Waals surface area contributed by atoms with Crippen molar-refractivity contribution in [1.82, 2.24) is 9.88 Å². The summed E-state index contributed by atoms with van der Waals surface area (Å²) in [7, 11) is 0. The van der Waals surface area contributed by atoms with Gasteiger partial charge in [0.1, 0.15) is 0 Å². The van der Waals surface area contributed by atoms with Gasteiger partial charge in [0.05, 0.1) is 0 Å². The molecule has 96 valence electrons. The van der Waals surface area contributed by atoms with Gasteiger partial charge in [-0.3, -0.25) is 4.79 Å². The Bertz CT molecular complexity index is 413. The lowest BCUT2D eigenvalue weighted by atomic mass is 10.1. The SMILES string of the molecule is CC(C)c1cccn(CCNC(C)(C)C)c1=O. The van der Waals surface area contributed by atoms with Crippen LogP contribution in [0.25, 0.3) is 0 Å². The van der Waals surface area contributed by atoms with E-state index in [9.17, 15) is 4.79 Å². The van der Waals surface area contributed by atoms with Crippen molar-refractivity contribution in [3.05, 3.63) is 34.2 Å². The molecule has 1 N–H and O–H groups in total. The maximum absolute atomic E-state index is 12.1. The first-order chi connectivity index (χ1) is 7.81. The van der Waals surface area contributed by atoms with E-state index in [4.69, 9.17) is 0 Å². The highest BCUT2D eigenvalue weighted by molar-refractivity contribution is 5.14. The van der Waals surface area contributed by atoms with E-state index in [0.29, 0.717) is 0 Å². The zero-order chi connectivity index (χ0) is 13.1. The summed E-state index contributed by atoms with van der Waals surface area (Å²) in [5.41, 5.74) is 1.13. The van der Waals surface area contributed by atoms with Crippen LogP contribution in [0.1, 0.15) is 46.1 Å². The first-order valence-electron chi connectivity index (χ1n) is 6.25. The van der Waals surface area contributed by atoms with Gasteiger partial charge in [-0.1, -0.05) is 19.9 Å². The monoisotopic (exact) mass is 236 g/mol. The second-order valence-electron chi connectivity index (χ2n) is 5.79. The van der Waals surface area contributed by atoms with E-state index in [1.54, 1.807) is 4.57 Å². The summed E-state index contributed by atoms with van der Waals surface area (Å²) in [6.45, 7) is 12.0. The first kappa shape index (κ1) is 14.0. The van der Waals surface area contributed by atoms with Gasteiger partial charge < -0.3 is 9.88 Å². The second-order valence-corrected chi connectivity index (χ2v) is 5.79. The predicted molar refractivity (Wildman–Crippen MR) is 72.5 cm³/mol. The van der Waals surface area contributed by atoms with Gasteiger partial charge in [-0.2, -0.15) is 0 Å². The van der Waals surface area contributed by atoms with Gasteiger partial charge in [0, 0.05) is 30.4 Å². The summed E-state index contributed by atoms with van der Waals surface area (Å²) in [6, 6.07) is 3.87. The lowest BCUT2D eigenvalue weighted by Gasteiger charge is -2.21. The van der Waals surface area contributed by atoms with Crippen molar-refractivity contribution in [2.75, 3.05) is 6.54 Å². The molecule has 0 radical (unpaired) electrons. The third-order valence-corrected chi connectivity index (χ3v) is 2.68. The molecule has 0 aromatic carbocycles. The molecule has 1 aromatic heterocycles. The Morgan fingerprint density at radius 1 is 1.35 bits per heavy atom. The van der Waals surface area contributed by atoms with E-state index in [1.807, 2.05) is 18.3 Å². The van der Waals surface area contributed by atoms with Gasteiger partial charge >= 0.3 is 0 Å². The van der Waals surface area contributed by atoms with Crippen molar-refractivity contribution in [1.29, 1.82) is 0 Å². The molecule has 3 nitrogen and oxygen atoms in total. The molecule has 0 aliphatic rings. The Hall–Kier alpha value is -1.09. The molecule has 0 fully saturated rings. The summed E-state index contributed by atoms with van der Waals surface area (Å²) in [4.78, 5) is 12.1. The van der Waals surface area contributed by atoms with Gasteiger partial charge in [0.2, 0.25) is 0 Å². The third kappa shape index (κ3) is 4.35. The highest BCUT2D eigenvalue weighted by Gasteiger charge is 2.09. The first-order valence-corrected chi connectivity index (χ1v) is 6.25. The zero-order valence-electron chi connectivity index (χ0n) is 11.6. The molecular weight excluding hydrogens is 212 g/mol. The minimum atomic E-state index is 0.0965. The van der Waals surface area contributed by atoms with Crippen molar-refractivity contribution in [3.8, 4) is 0 Å². The van der Waals surface area contributed by atoms with Crippen molar-refractivity contribution >= 4 is 0 Å². The average Bonchev–Trinajstić information content (AvgIpc) is 2.18. The van der Waals surface area contributed by atoms with Crippen molar-refractivity contribution in [2.24, 2.45) is 0 Å². The molecule has 1 rings (SSSR count). The summed E-state index contributed by atoms with van der Waals surface area (Å²) < 4.78 is 1.79. The summed E-state index contributed by atoms with van der Waals surface area (Å²) in [5, 5.41) is 3.39. The average molecular weight is 236 g/mol. The van der Waals surface area contributed by atoms with Gasteiger partial charge in [-0.15, -0.1) is 0 Å². The van der Waals surface area contributed by atoms with E-state index < -0.39 is 0 Å². The molecule has 0 atom stereocenters. The van der Waals surface area contributed by atoms with Crippen LogP contribution < -0.4 is 10.9 Å². The van der Waals surface area contributed by atoms with Crippen LogP contribution in [0.5, 0.6) is 0 Å². The van der Waals surface area contributed by atoms with E-state index in [2.05, 4.69) is 39.9 Å². The summed E-state index contributed by atoms with van der Waals surface area (Å²) >= 11 is 0. The topological polar surface area (TPSA) is 34.0 Å². The number of pyridine rings is 1. The maximum Gasteiger partial charge on any atom is 0.254 e. The number of hydrogen-bond donors (Lipinski definition) is 1. The number of rotatable bonds is 4. The van der Waals surface area contributed by atoms with Crippen LogP contribution in [-0.2, 0) is 6.54 Å². The fraction of sp³-hybridized carbons (Fsp3) is 0.643. The summed E-state index contributed by atoms with van der Waals surface area (Å²) in [6.07, 6.45) is 1.86. The normalized spacial score (nSPS) is 12.1. The summed E-state index contributed by atoms with van der Waals surface area (Å²) in [5.74, 6) is 0.283. The largest absolute Gasteiger partial charge is 0.314 e. The molecule has 1 heterocycles. The Balaban J connectivity index is 2.73. The molecule has 0 amide bonds. The van der Waals surface area contributed by atoms with Crippen LogP contribution >= 0.6 is 0 Å². The number of nitrogens with zero attached hydrogens (tertiary/aromatic N) is 1. The molecular formula is C14H24N2O. The molecule has 0 aliphatic heterocycles. The molecule has 1 aromatic rings. The van der Waals surface area contributed by atoms with E-state index in [1.165, 1.54) is 0 Å². The van der Waals surface area contributed by atoms with Crippen molar-refractivity contribution < 1.29 is 0 Å². The quantitative estimate of drug-likeness (QED) is 0.870. The highest BCUT2D eigenvalue weighted by Crippen LogP contribution is 2.07. The lowest BCUT2D eigenvalue weighted by molar-refractivity contribution is 0.410. The van der Waals surface area contributed by atoms with Crippen LogP contribution in [0.4, 0.5) is 0 Å². The van der Waals surface area contributed by atoms with Gasteiger partial charge in [0.25, 0.3) is 5.56 Å². The van der Waals surface area contributed by atoms with E-state index >= 15 is 0 Å². The standard InChI is InChI=1S/C14H24N2O/c1-11(2)12-7-6-9-16(13(12)17)10-8-15-14(3,4)5/h6-7,9,11,15H,8,10H2,1-5H3. The number of hydrogen-bond acceptors (Lipinski definition) is 2. The second kappa shape index (κ2) is 5.50. The van der Waals surface area contributed by atoms with Gasteiger partial charge in [0.15, 0.2) is 0 Å². The molecule has 0 bridgehead atoms. The molecule has 17 heavy (non-hydrogen) atoms. The molecule has 0 unspecified atom stereocenters. The predicted octanol–water partition coefficient (Wildman–Crippen LogP) is 2.36. The Morgan fingerprint density at radius 2 is 2.00 bits per heavy atom. The molecule has 0 saturated heterocycles. The Morgan fingerprint density at radius 3 is 2.53 bits per heavy atom.